The van der Waals surface area contributed by atoms with Crippen molar-refractivity contribution in [3.63, 3.8) is 0 Å². The Hall–Kier alpha value is -0.360. The lowest BCUT2D eigenvalue weighted by atomic mass is 9.94. The summed E-state index contributed by atoms with van der Waals surface area (Å²) in [7, 11) is 0. The largest absolute Gasteiger partial charge is 0.350 e. The smallest absolute Gasteiger partial charge is 0.220 e. The fourth-order valence-electron chi connectivity index (χ4n) is 2.19. The van der Waals surface area contributed by atoms with Gasteiger partial charge < -0.3 is 10.6 Å². The number of hydrogen-bond acceptors (Lipinski definition) is 4. The van der Waals surface area contributed by atoms with Crippen molar-refractivity contribution in [2.24, 2.45) is 5.92 Å². The first-order valence-electron chi connectivity index (χ1n) is 6.69. The molecule has 1 amide bonds. The van der Waals surface area contributed by atoms with Crippen LogP contribution < -0.4 is 10.6 Å². The summed E-state index contributed by atoms with van der Waals surface area (Å²) >= 11 is 1.69. The van der Waals surface area contributed by atoms with Crippen molar-refractivity contribution in [3.05, 3.63) is 16.1 Å². The van der Waals surface area contributed by atoms with Gasteiger partial charge in [-0.3, -0.25) is 4.79 Å². The molecule has 0 unspecified atom stereocenters. The Kier molecular flexibility index (Phi) is 10.2. The Balaban J connectivity index is 0.00000180. The van der Waals surface area contributed by atoms with Crippen molar-refractivity contribution in [1.29, 1.82) is 0 Å². The van der Waals surface area contributed by atoms with Crippen LogP contribution in [-0.2, 0) is 17.8 Å². The van der Waals surface area contributed by atoms with E-state index in [1.165, 1.54) is 4.88 Å². The quantitative estimate of drug-likeness (QED) is 0.866. The molecule has 1 aliphatic rings. The van der Waals surface area contributed by atoms with E-state index >= 15 is 0 Å². The lowest BCUT2D eigenvalue weighted by Gasteiger charge is -2.21. The summed E-state index contributed by atoms with van der Waals surface area (Å²) in [6, 6.07) is 0. The maximum atomic E-state index is 11.8. The highest BCUT2D eigenvalue weighted by atomic mass is 35.5. The van der Waals surface area contributed by atoms with Crippen LogP contribution in [0.1, 0.15) is 36.1 Å². The zero-order chi connectivity index (χ0) is 12.8. The van der Waals surface area contributed by atoms with Crippen molar-refractivity contribution in [3.8, 4) is 0 Å². The number of halogens is 2. The number of aryl methyl sites for hydroxylation is 1. The van der Waals surface area contributed by atoms with E-state index in [4.69, 9.17) is 0 Å². The standard InChI is InChI=1S/C13H21N3OS.2ClH/c1-2-11-8-16-13(18-11)9-15-12(17)7-10-3-5-14-6-4-10;;/h8,10,14H,2-7,9H2,1H3,(H,15,17);2*1H. The topological polar surface area (TPSA) is 54.0 Å². The molecule has 1 fully saturated rings. The van der Waals surface area contributed by atoms with Crippen LogP contribution in [0.3, 0.4) is 0 Å². The number of carbonyl (C=O) groups is 1. The van der Waals surface area contributed by atoms with Crippen LogP contribution in [0.5, 0.6) is 0 Å². The minimum Gasteiger partial charge on any atom is -0.350 e. The van der Waals surface area contributed by atoms with Crippen LogP contribution in [0, 0.1) is 5.92 Å². The van der Waals surface area contributed by atoms with E-state index in [9.17, 15) is 4.79 Å². The Morgan fingerprint density at radius 1 is 1.45 bits per heavy atom. The maximum Gasteiger partial charge on any atom is 0.220 e. The van der Waals surface area contributed by atoms with Gasteiger partial charge in [-0.25, -0.2) is 4.98 Å². The Labute approximate surface area is 137 Å². The molecule has 2 heterocycles. The summed E-state index contributed by atoms with van der Waals surface area (Å²) in [5, 5.41) is 7.29. The second-order valence-electron chi connectivity index (χ2n) is 4.75. The minimum absolute atomic E-state index is 0. The predicted molar refractivity (Wildman–Crippen MR) is 88.0 cm³/mol. The molecular weight excluding hydrogens is 317 g/mol. The molecule has 1 aliphatic heterocycles. The molecule has 1 aromatic heterocycles. The van der Waals surface area contributed by atoms with E-state index in [0.29, 0.717) is 18.9 Å². The molecule has 20 heavy (non-hydrogen) atoms. The van der Waals surface area contributed by atoms with Crippen molar-refractivity contribution >= 4 is 42.1 Å². The molecule has 1 saturated heterocycles. The molecule has 7 heteroatoms. The Morgan fingerprint density at radius 3 is 2.75 bits per heavy atom. The summed E-state index contributed by atoms with van der Waals surface area (Å²) in [6.07, 6.45) is 5.81. The number of amides is 1. The number of thiazole rings is 1. The van der Waals surface area contributed by atoms with Crippen LogP contribution in [0.2, 0.25) is 0 Å². The highest BCUT2D eigenvalue weighted by Gasteiger charge is 2.16. The van der Waals surface area contributed by atoms with Crippen molar-refractivity contribution < 1.29 is 4.79 Å². The first kappa shape index (κ1) is 19.6. The van der Waals surface area contributed by atoms with Gasteiger partial charge in [-0.2, -0.15) is 0 Å². The molecule has 4 nitrogen and oxygen atoms in total. The first-order valence-corrected chi connectivity index (χ1v) is 7.50. The fraction of sp³-hybridized carbons (Fsp3) is 0.692. The molecule has 0 radical (unpaired) electrons. The summed E-state index contributed by atoms with van der Waals surface area (Å²) in [5.74, 6) is 0.712. The average Bonchev–Trinajstić information content (AvgIpc) is 2.85. The number of hydrogen-bond donors (Lipinski definition) is 2. The van der Waals surface area contributed by atoms with Gasteiger partial charge in [0.15, 0.2) is 0 Å². The number of rotatable bonds is 5. The monoisotopic (exact) mass is 339 g/mol. The van der Waals surface area contributed by atoms with Gasteiger partial charge in [0.25, 0.3) is 0 Å². The van der Waals surface area contributed by atoms with Crippen molar-refractivity contribution in [2.45, 2.75) is 39.2 Å². The molecule has 0 aromatic carbocycles. The Bertz CT molecular complexity index is 395. The molecular formula is C13H23Cl2N3OS. The molecule has 2 N–H and O–H groups in total. The van der Waals surface area contributed by atoms with Gasteiger partial charge in [0.1, 0.15) is 5.01 Å². The van der Waals surface area contributed by atoms with E-state index in [2.05, 4.69) is 22.5 Å². The van der Waals surface area contributed by atoms with Gasteiger partial charge in [-0.15, -0.1) is 36.2 Å². The summed E-state index contributed by atoms with van der Waals surface area (Å²) in [6.45, 7) is 4.79. The van der Waals surface area contributed by atoms with Gasteiger partial charge in [-0.1, -0.05) is 6.92 Å². The van der Waals surface area contributed by atoms with Crippen LogP contribution in [0.4, 0.5) is 0 Å². The van der Waals surface area contributed by atoms with E-state index in [1.54, 1.807) is 11.3 Å². The molecule has 0 atom stereocenters. The summed E-state index contributed by atoms with van der Waals surface area (Å²) in [4.78, 5) is 17.4. The normalized spacial score (nSPS) is 15.1. The third kappa shape index (κ3) is 6.39. The van der Waals surface area contributed by atoms with Crippen LogP contribution in [0.15, 0.2) is 6.20 Å². The maximum absolute atomic E-state index is 11.8. The van der Waals surface area contributed by atoms with Crippen LogP contribution in [0.25, 0.3) is 0 Å². The van der Waals surface area contributed by atoms with Crippen LogP contribution in [-0.4, -0.2) is 24.0 Å². The number of aromatic nitrogens is 1. The van der Waals surface area contributed by atoms with E-state index < -0.39 is 0 Å². The average molecular weight is 340 g/mol. The SMILES string of the molecule is CCc1cnc(CNC(=O)CC2CCNCC2)s1.Cl.Cl. The molecule has 0 spiro atoms. The lowest BCUT2D eigenvalue weighted by Crippen LogP contribution is -2.32. The summed E-state index contributed by atoms with van der Waals surface area (Å²) < 4.78 is 0. The third-order valence-electron chi connectivity index (χ3n) is 3.32. The molecule has 0 saturated carbocycles. The number of carbonyl (C=O) groups excluding carboxylic acids is 1. The van der Waals surface area contributed by atoms with Gasteiger partial charge in [0.05, 0.1) is 6.54 Å². The molecule has 0 bridgehead atoms. The van der Waals surface area contributed by atoms with E-state index in [0.717, 1.165) is 37.4 Å². The van der Waals surface area contributed by atoms with Crippen molar-refractivity contribution in [1.82, 2.24) is 15.6 Å². The highest BCUT2D eigenvalue weighted by Crippen LogP contribution is 2.16. The second kappa shape index (κ2) is 10.4. The predicted octanol–water partition coefficient (Wildman–Crippen LogP) is 2.56. The Morgan fingerprint density at radius 2 is 2.15 bits per heavy atom. The number of nitrogens with one attached hydrogen (secondary N) is 2. The first-order chi connectivity index (χ1) is 8.78. The second-order valence-corrected chi connectivity index (χ2v) is 5.95. The lowest BCUT2D eigenvalue weighted by molar-refractivity contribution is -0.122. The van der Waals surface area contributed by atoms with Crippen LogP contribution >= 0.6 is 36.2 Å². The van der Waals surface area contributed by atoms with Gasteiger partial charge >= 0.3 is 0 Å². The molecule has 1 aromatic rings. The zero-order valence-corrected chi connectivity index (χ0v) is 14.1. The third-order valence-corrected chi connectivity index (χ3v) is 4.46. The molecule has 116 valence electrons. The minimum atomic E-state index is 0. The van der Waals surface area contributed by atoms with Gasteiger partial charge in [-0.05, 0) is 38.3 Å². The van der Waals surface area contributed by atoms with Gasteiger partial charge in [0, 0.05) is 17.5 Å². The number of piperidine rings is 1. The highest BCUT2D eigenvalue weighted by molar-refractivity contribution is 7.11. The van der Waals surface area contributed by atoms with Crippen molar-refractivity contribution in [2.75, 3.05) is 13.1 Å². The van der Waals surface area contributed by atoms with Gasteiger partial charge in [0.2, 0.25) is 5.91 Å². The molecule has 2 rings (SSSR count). The number of nitrogens with zero attached hydrogens (tertiary/aromatic N) is 1. The van der Waals surface area contributed by atoms with E-state index in [-0.39, 0.29) is 30.7 Å². The zero-order valence-electron chi connectivity index (χ0n) is 11.7. The molecule has 0 aliphatic carbocycles. The summed E-state index contributed by atoms with van der Waals surface area (Å²) in [5.41, 5.74) is 0. The fourth-order valence-corrected chi connectivity index (χ4v) is 2.99. The van der Waals surface area contributed by atoms with E-state index in [1.807, 2.05) is 6.20 Å².